The molecule has 3 aromatic rings. The van der Waals surface area contributed by atoms with Crippen LogP contribution in [0.4, 0.5) is 4.39 Å². The van der Waals surface area contributed by atoms with Crippen molar-refractivity contribution in [3.8, 4) is 5.75 Å². The van der Waals surface area contributed by atoms with E-state index in [9.17, 15) is 14.0 Å². The van der Waals surface area contributed by atoms with Crippen LogP contribution in [0.5, 0.6) is 5.75 Å². The molecule has 0 saturated carbocycles. The number of carbonyl (C=O) groups is 1. The third kappa shape index (κ3) is 3.68. The molecule has 0 N–H and O–H groups in total. The molecule has 1 heterocycles. The molecule has 128 valence electrons. The Bertz CT molecular complexity index is 981. The van der Waals surface area contributed by atoms with Crippen molar-refractivity contribution < 1.29 is 18.7 Å². The largest absolute Gasteiger partial charge is 0.487 e. The molecule has 0 aliphatic heterocycles. The van der Waals surface area contributed by atoms with E-state index in [0.29, 0.717) is 16.8 Å². The molecule has 3 rings (SSSR count). The average molecular weight is 341 g/mol. The Kier molecular flexibility index (Phi) is 4.79. The van der Waals surface area contributed by atoms with E-state index in [-0.39, 0.29) is 24.5 Å². The lowest BCUT2D eigenvalue weighted by Gasteiger charge is -2.14. The van der Waals surface area contributed by atoms with E-state index in [2.05, 4.69) is 4.74 Å². The number of hydrogen-bond donors (Lipinski definition) is 0. The zero-order valence-electron chi connectivity index (χ0n) is 13.6. The Morgan fingerprint density at radius 2 is 1.92 bits per heavy atom. The fourth-order valence-corrected chi connectivity index (χ4v) is 2.58. The fourth-order valence-electron chi connectivity index (χ4n) is 2.58. The summed E-state index contributed by atoms with van der Waals surface area (Å²) in [5, 5.41) is 0.750. The van der Waals surface area contributed by atoms with Gasteiger partial charge in [0.15, 0.2) is 0 Å². The number of benzene rings is 2. The van der Waals surface area contributed by atoms with Crippen LogP contribution in [-0.4, -0.2) is 17.6 Å². The lowest BCUT2D eigenvalue weighted by molar-refractivity contribution is -0.141. The van der Waals surface area contributed by atoms with Crippen molar-refractivity contribution >= 4 is 16.9 Å². The summed E-state index contributed by atoms with van der Waals surface area (Å²) < 4.78 is 25.1. The van der Waals surface area contributed by atoms with Gasteiger partial charge in [0.25, 0.3) is 5.56 Å². The maximum absolute atomic E-state index is 13.3. The molecular formula is C19H16FNO4. The first-order valence-corrected chi connectivity index (χ1v) is 7.65. The smallest absolute Gasteiger partial charge is 0.325 e. The number of pyridine rings is 1. The third-order valence-corrected chi connectivity index (χ3v) is 3.77. The highest BCUT2D eigenvalue weighted by Gasteiger charge is 2.12. The average Bonchev–Trinajstić information content (AvgIpc) is 2.62. The molecule has 2 aromatic carbocycles. The van der Waals surface area contributed by atoms with Crippen molar-refractivity contribution in [3.63, 3.8) is 0 Å². The predicted octanol–water partition coefficient (Wildman–Crippen LogP) is 2.89. The van der Waals surface area contributed by atoms with E-state index < -0.39 is 5.97 Å². The molecule has 0 radical (unpaired) electrons. The second kappa shape index (κ2) is 7.17. The van der Waals surface area contributed by atoms with Crippen LogP contribution in [0, 0.1) is 5.82 Å². The van der Waals surface area contributed by atoms with Crippen LogP contribution >= 0.6 is 0 Å². The summed E-state index contributed by atoms with van der Waals surface area (Å²) in [5.74, 6) is -0.445. The first-order chi connectivity index (χ1) is 12.1. The summed E-state index contributed by atoms with van der Waals surface area (Å²) in [4.78, 5) is 23.8. The molecule has 0 fully saturated rings. The minimum Gasteiger partial charge on any atom is -0.487 e. The summed E-state index contributed by atoms with van der Waals surface area (Å²) in [6.07, 6.45) is 0. The lowest BCUT2D eigenvalue weighted by atomic mass is 10.2. The molecule has 0 unspecified atom stereocenters. The number of halogens is 1. The molecule has 6 heteroatoms. The molecule has 0 aliphatic rings. The van der Waals surface area contributed by atoms with E-state index in [1.807, 2.05) is 6.07 Å². The number of carbonyl (C=O) groups excluding carboxylic acids is 1. The highest BCUT2D eigenvalue weighted by Crippen LogP contribution is 2.25. The van der Waals surface area contributed by atoms with Crippen LogP contribution in [0.3, 0.4) is 0 Å². The number of hydrogen-bond acceptors (Lipinski definition) is 4. The van der Waals surface area contributed by atoms with Crippen LogP contribution in [-0.2, 0) is 22.7 Å². The molecule has 0 aliphatic carbocycles. The second-order valence-electron chi connectivity index (χ2n) is 5.45. The molecule has 0 bridgehead atoms. The van der Waals surface area contributed by atoms with Gasteiger partial charge in [-0.1, -0.05) is 24.3 Å². The van der Waals surface area contributed by atoms with Gasteiger partial charge in [0.05, 0.1) is 12.6 Å². The molecule has 25 heavy (non-hydrogen) atoms. The molecule has 0 amide bonds. The Balaban J connectivity index is 2.01. The number of rotatable bonds is 5. The minimum atomic E-state index is -0.533. The number of nitrogens with zero attached hydrogens (tertiary/aromatic N) is 1. The summed E-state index contributed by atoms with van der Waals surface area (Å²) in [6, 6.07) is 14.5. The van der Waals surface area contributed by atoms with Crippen molar-refractivity contribution in [2.75, 3.05) is 7.11 Å². The standard InChI is InChI=1S/C19H16FNO4/c1-24-18(23)11-21-17(22)9-8-14-5-3-7-16(19(14)21)25-12-13-4-2-6-15(20)10-13/h2-10H,11-12H2,1H3. The van der Waals surface area contributed by atoms with Crippen molar-refractivity contribution in [1.82, 2.24) is 4.57 Å². The van der Waals surface area contributed by atoms with Gasteiger partial charge in [-0.05, 0) is 29.8 Å². The summed E-state index contributed by atoms with van der Waals surface area (Å²) in [5.41, 5.74) is 0.825. The van der Waals surface area contributed by atoms with Crippen molar-refractivity contribution in [1.29, 1.82) is 0 Å². The summed E-state index contributed by atoms with van der Waals surface area (Å²) in [6.45, 7) is -0.0782. The number of methoxy groups -OCH3 is 1. The van der Waals surface area contributed by atoms with Crippen molar-refractivity contribution in [2.45, 2.75) is 13.2 Å². The van der Waals surface area contributed by atoms with Crippen LogP contribution in [0.25, 0.3) is 10.9 Å². The second-order valence-corrected chi connectivity index (χ2v) is 5.45. The Labute approximate surface area is 143 Å². The predicted molar refractivity (Wildman–Crippen MR) is 91.0 cm³/mol. The number of para-hydroxylation sites is 1. The minimum absolute atomic E-state index is 0.137. The normalized spacial score (nSPS) is 10.6. The first kappa shape index (κ1) is 16.7. The maximum Gasteiger partial charge on any atom is 0.325 e. The first-order valence-electron chi connectivity index (χ1n) is 7.65. The van der Waals surface area contributed by atoms with Crippen molar-refractivity contribution in [3.05, 3.63) is 76.3 Å². The van der Waals surface area contributed by atoms with Crippen LogP contribution in [0.1, 0.15) is 5.56 Å². The van der Waals surface area contributed by atoms with Gasteiger partial charge in [-0.15, -0.1) is 0 Å². The van der Waals surface area contributed by atoms with Gasteiger partial charge >= 0.3 is 5.97 Å². The number of aromatic nitrogens is 1. The highest BCUT2D eigenvalue weighted by molar-refractivity contribution is 5.86. The van der Waals surface area contributed by atoms with E-state index in [0.717, 1.165) is 5.39 Å². The Morgan fingerprint density at radius 1 is 1.12 bits per heavy atom. The number of esters is 1. The van der Waals surface area contributed by atoms with Crippen LogP contribution in [0.2, 0.25) is 0 Å². The van der Waals surface area contributed by atoms with Crippen molar-refractivity contribution in [2.24, 2.45) is 0 Å². The van der Waals surface area contributed by atoms with E-state index in [1.165, 1.54) is 29.9 Å². The van der Waals surface area contributed by atoms with E-state index in [4.69, 9.17) is 4.74 Å². The van der Waals surface area contributed by atoms with Crippen LogP contribution in [0.15, 0.2) is 59.4 Å². The van der Waals surface area contributed by atoms with Gasteiger partial charge in [-0.25, -0.2) is 4.39 Å². The monoisotopic (exact) mass is 341 g/mol. The molecular weight excluding hydrogens is 325 g/mol. The Morgan fingerprint density at radius 3 is 2.68 bits per heavy atom. The van der Waals surface area contributed by atoms with Crippen LogP contribution < -0.4 is 10.3 Å². The lowest BCUT2D eigenvalue weighted by Crippen LogP contribution is -2.24. The Hall–Kier alpha value is -3.15. The molecule has 0 atom stereocenters. The van der Waals surface area contributed by atoms with Gasteiger partial charge < -0.3 is 9.47 Å². The van der Waals surface area contributed by atoms with E-state index in [1.54, 1.807) is 30.3 Å². The SMILES string of the molecule is COC(=O)Cn1c(=O)ccc2cccc(OCc3cccc(F)c3)c21. The summed E-state index contributed by atoms with van der Waals surface area (Å²) >= 11 is 0. The number of ether oxygens (including phenoxy) is 2. The van der Waals surface area contributed by atoms with Gasteiger partial charge in [-0.3, -0.25) is 14.2 Å². The number of fused-ring (bicyclic) bond motifs is 1. The van der Waals surface area contributed by atoms with Gasteiger partial charge in [0.1, 0.15) is 24.7 Å². The van der Waals surface area contributed by atoms with Gasteiger partial charge in [-0.2, -0.15) is 0 Å². The quantitative estimate of drug-likeness (QED) is 0.670. The zero-order chi connectivity index (χ0) is 17.8. The van der Waals surface area contributed by atoms with Gasteiger partial charge in [0, 0.05) is 11.5 Å². The molecule has 0 saturated heterocycles. The summed E-state index contributed by atoms with van der Waals surface area (Å²) in [7, 11) is 1.26. The topological polar surface area (TPSA) is 57.5 Å². The maximum atomic E-state index is 13.3. The fraction of sp³-hybridized carbons (Fsp3) is 0.158. The molecule has 1 aromatic heterocycles. The van der Waals surface area contributed by atoms with E-state index >= 15 is 0 Å². The third-order valence-electron chi connectivity index (χ3n) is 3.77. The molecule has 5 nitrogen and oxygen atoms in total. The van der Waals surface area contributed by atoms with Gasteiger partial charge in [0.2, 0.25) is 0 Å². The highest BCUT2D eigenvalue weighted by atomic mass is 19.1. The molecule has 0 spiro atoms. The zero-order valence-corrected chi connectivity index (χ0v) is 13.6.